The maximum absolute atomic E-state index is 10.9. The molecule has 0 unspecified atom stereocenters. The zero-order valence-electron chi connectivity index (χ0n) is 12.2. The molecule has 110 valence electrons. The van der Waals surface area contributed by atoms with Crippen LogP contribution in [-0.4, -0.2) is 15.0 Å². The summed E-state index contributed by atoms with van der Waals surface area (Å²) in [7, 11) is 0. The molecule has 2 N–H and O–H groups in total. The van der Waals surface area contributed by atoms with Gasteiger partial charge >= 0.3 is 0 Å². The number of aromatic hydroxyl groups is 1. The number of pyridine rings is 1. The molecule has 0 aliphatic rings. The zero-order valence-corrected chi connectivity index (χ0v) is 12.2. The van der Waals surface area contributed by atoms with Crippen LogP contribution in [0.15, 0.2) is 24.3 Å². The minimum atomic E-state index is -0.389. The minimum absolute atomic E-state index is 0.106. The first-order valence-corrected chi connectivity index (χ1v) is 6.53. The molecule has 2 rings (SSSR count). The SMILES string of the molecule is Cc1ccc(O)c(CNc2cc(C)c([N+](=O)[O-])cc2C)n1. The lowest BCUT2D eigenvalue weighted by molar-refractivity contribution is -0.385. The summed E-state index contributed by atoms with van der Waals surface area (Å²) in [6, 6.07) is 6.62. The molecule has 0 spiro atoms. The Kier molecular flexibility index (Phi) is 4.07. The number of nitrogens with zero attached hydrogens (tertiary/aromatic N) is 2. The van der Waals surface area contributed by atoms with Crippen LogP contribution >= 0.6 is 0 Å². The monoisotopic (exact) mass is 287 g/mol. The van der Waals surface area contributed by atoms with E-state index < -0.39 is 0 Å². The van der Waals surface area contributed by atoms with Crippen molar-refractivity contribution in [3.05, 3.63) is 56.9 Å². The van der Waals surface area contributed by atoms with Gasteiger partial charge < -0.3 is 10.4 Å². The van der Waals surface area contributed by atoms with Crippen LogP contribution in [0.3, 0.4) is 0 Å². The maximum atomic E-state index is 10.9. The number of nitro groups is 1. The molecule has 0 amide bonds. The van der Waals surface area contributed by atoms with Gasteiger partial charge in [0.1, 0.15) is 11.4 Å². The lowest BCUT2D eigenvalue weighted by atomic mass is 10.1. The van der Waals surface area contributed by atoms with E-state index in [2.05, 4.69) is 10.3 Å². The molecule has 6 heteroatoms. The summed E-state index contributed by atoms with van der Waals surface area (Å²) in [6.45, 7) is 5.71. The fourth-order valence-corrected chi connectivity index (χ4v) is 2.10. The molecule has 6 nitrogen and oxygen atoms in total. The van der Waals surface area contributed by atoms with Crippen molar-refractivity contribution in [1.82, 2.24) is 4.98 Å². The van der Waals surface area contributed by atoms with E-state index in [1.54, 1.807) is 38.1 Å². The number of anilines is 1. The minimum Gasteiger partial charge on any atom is -0.506 e. The Hall–Kier alpha value is -2.63. The molecule has 0 bridgehead atoms. The predicted octanol–water partition coefficient (Wildman–Crippen LogP) is 3.23. The molecule has 0 saturated carbocycles. The first-order valence-electron chi connectivity index (χ1n) is 6.53. The van der Waals surface area contributed by atoms with E-state index in [1.165, 1.54) is 0 Å². The van der Waals surface area contributed by atoms with Gasteiger partial charge in [0.05, 0.1) is 11.5 Å². The van der Waals surface area contributed by atoms with Crippen molar-refractivity contribution in [3.8, 4) is 5.75 Å². The third-order valence-corrected chi connectivity index (χ3v) is 3.28. The smallest absolute Gasteiger partial charge is 0.272 e. The largest absolute Gasteiger partial charge is 0.506 e. The maximum Gasteiger partial charge on any atom is 0.272 e. The van der Waals surface area contributed by atoms with Gasteiger partial charge in [0, 0.05) is 23.0 Å². The van der Waals surface area contributed by atoms with Crippen molar-refractivity contribution in [1.29, 1.82) is 0 Å². The van der Waals surface area contributed by atoms with E-state index in [-0.39, 0.29) is 16.4 Å². The van der Waals surface area contributed by atoms with Gasteiger partial charge in [0.25, 0.3) is 5.69 Å². The number of aromatic nitrogens is 1. The lowest BCUT2D eigenvalue weighted by Crippen LogP contribution is -2.05. The number of hydrogen-bond acceptors (Lipinski definition) is 5. The van der Waals surface area contributed by atoms with Crippen LogP contribution in [0, 0.1) is 30.9 Å². The second-order valence-electron chi connectivity index (χ2n) is 4.98. The van der Waals surface area contributed by atoms with Gasteiger partial charge in [-0.05, 0) is 44.5 Å². The third-order valence-electron chi connectivity index (χ3n) is 3.28. The summed E-state index contributed by atoms with van der Waals surface area (Å²) in [4.78, 5) is 14.8. The van der Waals surface area contributed by atoms with Crippen LogP contribution in [0.1, 0.15) is 22.5 Å². The summed E-state index contributed by atoms with van der Waals surface area (Å²) in [5.41, 5.74) is 3.64. The van der Waals surface area contributed by atoms with Crippen LogP contribution < -0.4 is 5.32 Å². The van der Waals surface area contributed by atoms with E-state index in [4.69, 9.17) is 0 Å². The summed E-state index contributed by atoms with van der Waals surface area (Å²) >= 11 is 0. The quantitative estimate of drug-likeness (QED) is 0.665. The highest BCUT2D eigenvalue weighted by atomic mass is 16.6. The standard InChI is InChI=1S/C15H17N3O3/c1-9-7-14(18(20)21)10(2)6-12(9)16-8-13-15(19)5-4-11(3)17-13/h4-7,16,19H,8H2,1-3H3. The van der Waals surface area contributed by atoms with Crippen molar-refractivity contribution >= 4 is 11.4 Å². The number of rotatable bonds is 4. The van der Waals surface area contributed by atoms with Gasteiger partial charge in [0.2, 0.25) is 0 Å². The van der Waals surface area contributed by atoms with Crippen LogP contribution in [0.25, 0.3) is 0 Å². The molecule has 0 aliphatic heterocycles. The van der Waals surface area contributed by atoms with Gasteiger partial charge in [-0.3, -0.25) is 15.1 Å². The van der Waals surface area contributed by atoms with Crippen molar-refractivity contribution in [2.75, 3.05) is 5.32 Å². The van der Waals surface area contributed by atoms with Crippen LogP contribution in [-0.2, 0) is 6.54 Å². The number of hydrogen-bond donors (Lipinski definition) is 2. The number of nitrogens with one attached hydrogen (secondary N) is 1. The Balaban J connectivity index is 2.22. The van der Waals surface area contributed by atoms with Crippen LogP contribution in [0.2, 0.25) is 0 Å². The summed E-state index contributed by atoms with van der Waals surface area (Å²) in [5, 5.41) is 23.8. The van der Waals surface area contributed by atoms with Gasteiger partial charge in [-0.1, -0.05) is 0 Å². The Morgan fingerprint density at radius 2 is 1.95 bits per heavy atom. The molecule has 1 aromatic heterocycles. The average Bonchev–Trinajstić information content (AvgIpc) is 2.42. The number of aryl methyl sites for hydroxylation is 3. The summed E-state index contributed by atoms with van der Waals surface area (Å²) < 4.78 is 0. The Morgan fingerprint density at radius 1 is 1.24 bits per heavy atom. The third kappa shape index (κ3) is 3.28. The molecule has 2 aromatic rings. The molecule has 0 fully saturated rings. The second kappa shape index (κ2) is 5.78. The molecular weight excluding hydrogens is 270 g/mol. The van der Waals surface area contributed by atoms with Crippen molar-refractivity contribution in [2.45, 2.75) is 27.3 Å². The van der Waals surface area contributed by atoms with Crippen molar-refractivity contribution in [3.63, 3.8) is 0 Å². The van der Waals surface area contributed by atoms with E-state index in [0.29, 0.717) is 17.8 Å². The fourth-order valence-electron chi connectivity index (χ4n) is 2.10. The van der Waals surface area contributed by atoms with Gasteiger partial charge in [-0.15, -0.1) is 0 Å². The topological polar surface area (TPSA) is 88.3 Å². The summed E-state index contributed by atoms with van der Waals surface area (Å²) in [6.07, 6.45) is 0. The lowest BCUT2D eigenvalue weighted by Gasteiger charge is -2.11. The molecule has 0 saturated heterocycles. The molecule has 1 aromatic carbocycles. The molecule has 21 heavy (non-hydrogen) atoms. The van der Waals surface area contributed by atoms with Crippen LogP contribution in [0.4, 0.5) is 11.4 Å². The Bertz CT molecular complexity index is 699. The Labute approximate surface area is 122 Å². The van der Waals surface area contributed by atoms with Crippen LogP contribution in [0.5, 0.6) is 5.75 Å². The molecule has 0 atom stereocenters. The number of benzene rings is 1. The highest BCUT2D eigenvalue weighted by Gasteiger charge is 2.13. The molecule has 0 radical (unpaired) electrons. The van der Waals surface area contributed by atoms with E-state index in [1.807, 2.05) is 6.92 Å². The van der Waals surface area contributed by atoms with E-state index in [0.717, 1.165) is 16.9 Å². The summed E-state index contributed by atoms with van der Waals surface area (Å²) in [5.74, 6) is 0.129. The second-order valence-corrected chi connectivity index (χ2v) is 4.98. The molecular formula is C15H17N3O3. The zero-order chi connectivity index (χ0) is 15.6. The van der Waals surface area contributed by atoms with Crippen molar-refractivity contribution < 1.29 is 10.0 Å². The fraction of sp³-hybridized carbons (Fsp3) is 0.267. The molecule has 1 heterocycles. The Morgan fingerprint density at radius 3 is 2.62 bits per heavy atom. The van der Waals surface area contributed by atoms with E-state index >= 15 is 0 Å². The highest BCUT2D eigenvalue weighted by molar-refractivity contribution is 5.59. The number of nitro benzene ring substituents is 1. The first-order chi connectivity index (χ1) is 9.88. The van der Waals surface area contributed by atoms with Gasteiger partial charge in [-0.2, -0.15) is 0 Å². The van der Waals surface area contributed by atoms with Gasteiger partial charge in [-0.25, -0.2) is 0 Å². The average molecular weight is 287 g/mol. The predicted molar refractivity (Wildman–Crippen MR) is 80.5 cm³/mol. The first kappa shape index (κ1) is 14.8. The van der Waals surface area contributed by atoms with Gasteiger partial charge in [0.15, 0.2) is 0 Å². The normalized spacial score (nSPS) is 10.4. The van der Waals surface area contributed by atoms with Crippen molar-refractivity contribution in [2.24, 2.45) is 0 Å². The van der Waals surface area contributed by atoms with E-state index in [9.17, 15) is 15.2 Å². The molecule has 0 aliphatic carbocycles. The highest BCUT2D eigenvalue weighted by Crippen LogP contribution is 2.26.